The van der Waals surface area contributed by atoms with Crippen LogP contribution in [0.4, 0.5) is 0 Å². The molecule has 0 heterocycles. The van der Waals surface area contributed by atoms with Gasteiger partial charge in [0.05, 0.1) is 0 Å². The first-order chi connectivity index (χ1) is 5.83. The van der Waals surface area contributed by atoms with Crippen molar-refractivity contribution in [2.45, 2.75) is 32.1 Å². The SMILES string of the molecule is O=C1CC2=CC[C@@H]3C[C@H]1C[C@H]2C3. The van der Waals surface area contributed by atoms with E-state index in [1.165, 1.54) is 31.3 Å². The van der Waals surface area contributed by atoms with Crippen molar-refractivity contribution in [3.05, 3.63) is 11.6 Å². The summed E-state index contributed by atoms with van der Waals surface area (Å²) < 4.78 is 0. The molecule has 2 saturated carbocycles. The van der Waals surface area contributed by atoms with E-state index in [1.807, 2.05) is 0 Å². The maximum absolute atomic E-state index is 11.6. The molecule has 3 aliphatic carbocycles. The lowest BCUT2D eigenvalue weighted by Gasteiger charge is -2.42. The van der Waals surface area contributed by atoms with Crippen LogP contribution in [0.5, 0.6) is 0 Å². The molecule has 0 N–H and O–H groups in total. The number of allylic oxidation sites excluding steroid dienone is 2. The second kappa shape index (κ2) is 2.21. The van der Waals surface area contributed by atoms with Gasteiger partial charge in [0.15, 0.2) is 0 Å². The summed E-state index contributed by atoms with van der Waals surface area (Å²) in [5.41, 5.74) is 1.48. The van der Waals surface area contributed by atoms with E-state index < -0.39 is 0 Å². The lowest BCUT2D eigenvalue weighted by molar-refractivity contribution is -0.126. The average Bonchev–Trinajstić information content (AvgIpc) is 2.07. The molecule has 0 amide bonds. The lowest BCUT2D eigenvalue weighted by atomic mass is 9.61. The van der Waals surface area contributed by atoms with Crippen LogP contribution >= 0.6 is 0 Å². The van der Waals surface area contributed by atoms with Crippen molar-refractivity contribution in [1.29, 1.82) is 0 Å². The minimum absolute atomic E-state index is 0.450. The molecule has 3 atom stereocenters. The molecule has 0 spiro atoms. The maximum atomic E-state index is 11.6. The highest BCUT2D eigenvalue weighted by Crippen LogP contribution is 2.48. The zero-order valence-electron chi connectivity index (χ0n) is 7.25. The lowest BCUT2D eigenvalue weighted by Crippen LogP contribution is -2.36. The number of ketones is 1. The molecule has 0 aliphatic heterocycles. The molecule has 3 bridgehead atoms. The summed E-state index contributed by atoms with van der Waals surface area (Å²) in [7, 11) is 0. The Hall–Kier alpha value is -0.590. The van der Waals surface area contributed by atoms with Crippen LogP contribution < -0.4 is 0 Å². The van der Waals surface area contributed by atoms with Gasteiger partial charge in [0.2, 0.25) is 0 Å². The van der Waals surface area contributed by atoms with Crippen molar-refractivity contribution in [2.24, 2.45) is 17.8 Å². The third kappa shape index (κ3) is 0.825. The van der Waals surface area contributed by atoms with Crippen LogP contribution in [0.15, 0.2) is 11.6 Å². The smallest absolute Gasteiger partial charge is 0.140 e. The van der Waals surface area contributed by atoms with E-state index in [0.717, 1.165) is 18.3 Å². The molecule has 0 radical (unpaired) electrons. The summed E-state index contributed by atoms with van der Waals surface area (Å²) in [6.45, 7) is 0. The van der Waals surface area contributed by atoms with Crippen LogP contribution in [0.3, 0.4) is 0 Å². The van der Waals surface area contributed by atoms with Gasteiger partial charge in [0.1, 0.15) is 5.78 Å². The van der Waals surface area contributed by atoms with E-state index >= 15 is 0 Å². The molecule has 1 heteroatoms. The molecule has 0 aromatic carbocycles. The topological polar surface area (TPSA) is 17.1 Å². The van der Waals surface area contributed by atoms with Gasteiger partial charge < -0.3 is 0 Å². The Bertz CT molecular complexity index is 264. The van der Waals surface area contributed by atoms with Gasteiger partial charge in [-0.2, -0.15) is 0 Å². The third-order valence-corrected chi connectivity index (χ3v) is 3.88. The van der Waals surface area contributed by atoms with E-state index in [0.29, 0.717) is 11.7 Å². The summed E-state index contributed by atoms with van der Waals surface area (Å²) in [5.74, 6) is 2.63. The van der Waals surface area contributed by atoms with Gasteiger partial charge in [0.25, 0.3) is 0 Å². The summed E-state index contributed by atoms with van der Waals surface area (Å²) in [5, 5.41) is 0. The molecule has 3 rings (SSSR count). The van der Waals surface area contributed by atoms with Crippen molar-refractivity contribution in [2.75, 3.05) is 0 Å². The normalized spacial score (nSPS) is 44.5. The first kappa shape index (κ1) is 6.88. The predicted molar refractivity (Wildman–Crippen MR) is 46.6 cm³/mol. The Kier molecular flexibility index (Phi) is 1.27. The molecule has 0 unspecified atom stereocenters. The third-order valence-electron chi connectivity index (χ3n) is 3.88. The van der Waals surface area contributed by atoms with Crippen molar-refractivity contribution >= 4 is 5.78 Å². The molecule has 1 nitrogen and oxygen atoms in total. The Morgan fingerprint density at radius 1 is 1.17 bits per heavy atom. The fraction of sp³-hybridized carbons (Fsp3) is 0.727. The summed E-state index contributed by atoms with van der Waals surface area (Å²) in [6, 6.07) is 0. The molecule has 0 aromatic rings. The zero-order valence-corrected chi connectivity index (χ0v) is 7.25. The second-order valence-electron chi connectivity index (χ2n) is 4.62. The summed E-state index contributed by atoms with van der Waals surface area (Å²) in [6.07, 6.45) is 8.17. The van der Waals surface area contributed by atoms with Crippen LogP contribution in [0.25, 0.3) is 0 Å². The summed E-state index contributed by atoms with van der Waals surface area (Å²) in [4.78, 5) is 11.6. The minimum atomic E-state index is 0.450. The largest absolute Gasteiger partial charge is 0.299 e. The second-order valence-corrected chi connectivity index (χ2v) is 4.62. The molecule has 0 aromatic heterocycles. The van der Waals surface area contributed by atoms with Crippen LogP contribution in [0, 0.1) is 17.8 Å². The van der Waals surface area contributed by atoms with Crippen molar-refractivity contribution in [3.63, 3.8) is 0 Å². The number of rotatable bonds is 0. The van der Waals surface area contributed by atoms with Gasteiger partial charge >= 0.3 is 0 Å². The highest BCUT2D eigenvalue weighted by Gasteiger charge is 2.40. The van der Waals surface area contributed by atoms with E-state index in [9.17, 15) is 4.79 Å². The van der Waals surface area contributed by atoms with E-state index in [-0.39, 0.29) is 0 Å². The Morgan fingerprint density at radius 2 is 2.00 bits per heavy atom. The van der Waals surface area contributed by atoms with Crippen LogP contribution in [0.1, 0.15) is 32.1 Å². The standard InChI is InChI=1S/C11H14O/c12-11-6-8-2-1-7-3-9(8)5-10(11)4-7/h2,7,9-10H,1,3-6H2/t7-,9+,10-/m0/s1. The monoisotopic (exact) mass is 162 g/mol. The molecule has 64 valence electrons. The minimum Gasteiger partial charge on any atom is -0.299 e. The van der Waals surface area contributed by atoms with Gasteiger partial charge in [-0.15, -0.1) is 0 Å². The molecule has 0 saturated heterocycles. The number of Topliss-reactive ketones (excluding diaryl/α,β-unsaturated/α-hetero) is 1. The number of carbonyl (C=O) groups is 1. The van der Waals surface area contributed by atoms with Crippen LogP contribution in [-0.4, -0.2) is 5.78 Å². The fourth-order valence-corrected chi connectivity index (χ4v) is 3.24. The average molecular weight is 162 g/mol. The van der Waals surface area contributed by atoms with Gasteiger partial charge in [-0.05, 0) is 37.5 Å². The van der Waals surface area contributed by atoms with Gasteiger partial charge in [0, 0.05) is 12.3 Å². The highest BCUT2D eigenvalue weighted by atomic mass is 16.1. The molecule has 2 fully saturated rings. The first-order valence-electron chi connectivity index (χ1n) is 5.04. The highest BCUT2D eigenvalue weighted by molar-refractivity contribution is 5.85. The van der Waals surface area contributed by atoms with Crippen LogP contribution in [-0.2, 0) is 4.79 Å². The van der Waals surface area contributed by atoms with Gasteiger partial charge in [-0.25, -0.2) is 0 Å². The number of hydrogen-bond acceptors (Lipinski definition) is 1. The van der Waals surface area contributed by atoms with Gasteiger partial charge in [-0.3, -0.25) is 4.79 Å². The van der Waals surface area contributed by atoms with E-state index in [4.69, 9.17) is 0 Å². The molecule has 12 heavy (non-hydrogen) atoms. The summed E-state index contributed by atoms with van der Waals surface area (Å²) >= 11 is 0. The Morgan fingerprint density at radius 3 is 2.92 bits per heavy atom. The van der Waals surface area contributed by atoms with E-state index in [1.54, 1.807) is 0 Å². The van der Waals surface area contributed by atoms with Crippen LogP contribution in [0.2, 0.25) is 0 Å². The van der Waals surface area contributed by atoms with E-state index in [2.05, 4.69) is 6.08 Å². The molecular formula is C11H14O. The van der Waals surface area contributed by atoms with Crippen molar-refractivity contribution in [3.8, 4) is 0 Å². The fourth-order valence-electron chi connectivity index (χ4n) is 3.24. The molecular weight excluding hydrogens is 148 g/mol. The predicted octanol–water partition coefficient (Wildman–Crippen LogP) is 2.32. The number of fused-ring (bicyclic) bond motifs is 2. The molecule has 3 aliphatic rings. The zero-order chi connectivity index (χ0) is 8.13. The first-order valence-corrected chi connectivity index (χ1v) is 5.04. The van der Waals surface area contributed by atoms with Crippen molar-refractivity contribution in [1.82, 2.24) is 0 Å². The quantitative estimate of drug-likeness (QED) is 0.499. The Labute approximate surface area is 72.8 Å². The van der Waals surface area contributed by atoms with Gasteiger partial charge in [-0.1, -0.05) is 11.6 Å². The maximum Gasteiger partial charge on any atom is 0.140 e. The van der Waals surface area contributed by atoms with Crippen molar-refractivity contribution < 1.29 is 4.79 Å². The number of carbonyl (C=O) groups excluding carboxylic acids is 1. The Balaban J connectivity index is 2.03. The number of hydrogen-bond donors (Lipinski definition) is 0.